The third-order valence-electron chi connectivity index (χ3n) is 5.22. The fourth-order valence-electron chi connectivity index (χ4n) is 3.34. The van der Waals surface area contributed by atoms with E-state index in [9.17, 15) is 0 Å². The normalized spacial score (nSPS) is 14.9. The number of nitrogens with zero attached hydrogens (tertiary/aromatic N) is 1. The van der Waals surface area contributed by atoms with Gasteiger partial charge < -0.3 is 9.64 Å². The molecule has 1 saturated heterocycles. The molecule has 1 fully saturated rings. The Hall–Kier alpha value is -1.96. The lowest BCUT2D eigenvalue weighted by molar-refractivity contribution is 0.472. The first-order valence-electron chi connectivity index (χ1n) is 8.67. The van der Waals surface area contributed by atoms with Crippen molar-refractivity contribution < 1.29 is 4.74 Å². The van der Waals surface area contributed by atoms with Gasteiger partial charge in [-0.3, -0.25) is 0 Å². The Bertz CT molecular complexity index is 699. The van der Waals surface area contributed by atoms with Gasteiger partial charge >= 0.3 is 0 Å². The van der Waals surface area contributed by atoms with Crippen molar-refractivity contribution in [1.29, 1.82) is 0 Å². The van der Waals surface area contributed by atoms with Crippen LogP contribution in [-0.2, 0) is 0 Å². The van der Waals surface area contributed by atoms with Gasteiger partial charge in [-0.2, -0.15) is 0 Å². The summed E-state index contributed by atoms with van der Waals surface area (Å²) in [5.41, 5.74) is 6.44. The number of hydrogen-bond acceptors (Lipinski definition) is 2. The first-order chi connectivity index (χ1) is 11.1. The molecule has 2 nitrogen and oxygen atoms in total. The van der Waals surface area contributed by atoms with Crippen LogP contribution in [-0.4, -0.2) is 13.1 Å². The van der Waals surface area contributed by atoms with E-state index in [2.05, 4.69) is 62.9 Å². The maximum Gasteiger partial charge on any atom is 0.150 e. The van der Waals surface area contributed by atoms with Crippen LogP contribution >= 0.6 is 0 Å². The predicted octanol–water partition coefficient (Wildman–Crippen LogP) is 5.70. The molecule has 0 radical (unpaired) electrons. The zero-order valence-corrected chi connectivity index (χ0v) is 14.8. The molecule has 1 aliphatic rings. The van der Waals surface area contributed by atoms with Crippen LogP contribution in [0.2, 0.25) is 0 Å². The van der Waals surface area contributed by atoms with Crippen LogP contribution in [0.4, 0.5) is 5.69 Å². The second-order valence-electron chi connectivity index (χ2n) is 6.68. The quantitative estimate of drug-likeness (QED) is 0.720. The lowest BCUT2D eigenvalue weighted by Crippen LogP contribution is -2.29. The van der Waals surface area contributed by atoms with Crippen LogP contribution in [0.1, 0.15) is 41.5 Å². The maximum atomic E-state index is 6.37. The molecule has 122 valence electrons. The highest BCUT2D eigenvalue weighted by Crippen LogP contribution is 2.36. The highest BCUT2D eigenvalue weighted by Gasteiger charge is 2.16. The molecule has 1 aliphatic heterocycles. The number of ether oxygens (including phenoxy) is 1. The fraction of sp³-hybridized carbons (Fsp3) is 0.429. The Morgan fingerprint density at radius 1 is 0.783 bits per heavy atom. The highest BCUT2D eigenvalue weighted by atomic mass is 16.5. The molecule has 0 spiro atoms. The molecule has 0 atom stereocenters. The maximum absolute atomic E-state index is 6.37. The van der Waals surface area contributed by atoms with Gasteiger partial charge in [-0.05, 0) is 87.4 Å². The molecule has 0 N–H and O–H groups in total. The van der Waals surface area contributed by atoms with Crippen LogP contribution in [0, 0.1) is 27.7 Å². The van der Waals surface area contributed by atoms with Crippen molar-refractivity contribution in [3.63, 3.8) is 0 Å². The Morgan fingerprint density at radius 2 is 1.48 bits per heavy atom. The van der Waals surface area contributed by atoms with Gasteiger partial charge in [0.05, 0.1) is 5.69 Å². The highest BCUT2D eigenvalue weighted by molar-refractivity contribution is 5.61. The summed E-state index contributed by atoms with van der Waals surface area (Å²) in [6.07, 6.45) is 3.89. The second kappa shape index (κ2) is 6.66. The molecular formula is C21H27NO. The summed E-state index contributed by atoms with van der Waals surface area (Å²) in [6, 6.07) is 10.6. The topological polar surface area (TPSA) is 12.5 Å². The summed E-state index contributed by atoms with van der Waals surface area (Å²) in [5.74, 6) is 1.95. The number of benzene rings is 2. The molecule has 2 aromatic carbocycles. The van der Waals surface area contributed by atoms with Gasteiger partial charge in [-0.15, -0.1) is 0 Å². The molecular weight excluding hydrogens is 282 g/mol. The van der Waals surface area contributed by atoms with E-state index in [1.165, 1.54) is 47.2 Å². The van der Waals surface area contributed by atoms with E-state index in [1.807, 2.05) is 0 Å². The van der Waals surface area contributed by atoms with Crippen LogP contribution < -0.4 is 9.64 Å². The average molecular weight is 309 g/mol. The first-order valence-corrected chi connectivity index (χ1v) is 8.67. The van der Waals surface area contributed by atoms with Gasteiger partial charge in [0.2, 0.25) is 0 Å². The molecule has 3 rings (SSSR count). The number of hydrogen-bond donors (Lipinski definition) is 0. The Balaban J connectivity index is 1.95. The molecule has 0 bridgehead atoms. The number of rotatable bonds is 3. The van der Waals surface area contributed by atoms with E-state index >= 15 is 0 Å². The SMILES string of the molecule is Cc1cc(Oc2ccccc2N2CCCCC2)c(C)c(C)c1C. The van der Waals surface area contributed by atoms with Crippen LogP contribution in [0.25, 0.3) is 0 Å². The van der Waals surface area contributed by atoms with Crippen molar-refractivity contribution in [2.24, 2.45) is 0 Å². The molecule has 0 saturated carbocycles. The van der Waals surface area contributed by atoms with Gasteiger partial charge in [0.15, 0.2) is 5.75 Å². The van der Waals surface area contributed by atoms with Crippen LogP contribution in [0.15, 0.2) is 30.3 Å². The standard InChI is InChI=1S/C21H27NO/c1-15-14-21(18(4)17(3)16(15)2)23-20-11-7-6-10-19(20)22-12-8-5-9-13-22/h6-7,10-11,14H,5,8-9,12-13H2,1-4H3. The average Bonchev–Trinajstić information content (AvgIpc) is 2.59. The van der Waals surface area contributed by atoms with Crippen molar-refractivity contribution in [2.75, 3.05) is 18.0 Å². The largest absolute Gasteiger partial charge is 0.455 e. The van der Waals surface area contributed by atoms with Gasteiger partial charge in [-0.1, -0.05) is 12.1 Å². The molecule has 1 heterocycles. The molecule has 0 unspecified atom stereocenters. The van der Waals surface area contributed by atoms with E-state index in [0.717, 1.165) is 24.6 Å². The number of para-hydroxylation sites is 2. The van der Waals surface area contributed by atoms with E-state index in [0.29, 0.717) is 0 Å². The van der Waals surface area contributed by atoms with Crippen molar-refractivity contribution in [1.82, 2.24) is 0 Å². The summed E-state index contributed by atoms with van der Waals surface area (Å²) in [7, 11) is 0. The van der Waals surface area contributed by atoms with Gasteiger partial charge in [-0.25, -0.2) is 0 Å². The van der Waals surface area contributed by atoms with Gasteiger partial charge in [0.25, 0.3) is 0 Å². The summed E-state index contributed by atoms with van der Waals surface area (Å²) >= 11 is 0. The zero-order valence-electron chi connectivity index (χ0n) is 14.8. The van der Waals surface area contributed by atoms with Crippen molar-refractivity contribution in [3.8, 4) is 11.5 Å². The first kappa shape index (κ1) is 15.9. The van der Waals surface area contributed by atoms with Crippen molar-refractivity contribution in [2.45, 2.75) is 47.0 Å². The van der Waals surface area contributed by atoms with E-state index < -0.39 is 0 Å². The summed E-state index contributed by atoms with van der Waals surface area (Å²) in [6.45, 7) is 10.9. The van der Waals surface area contributed by atoms with E-state index in [4.69, 9.17) is 4.74 Å². The third-order valence-corrected chi connectivity index (χ3v) is 5.22. The molecule has 0 amide bonds. The number of piperidine rings is 1. The summed E-state index contributed by atoms with van der Waals surface area (Å²) < 4.78 is 6.37. The van der Waals surface area contributed by atoms with Crippen molar-refractivity contribution >= 4 is 5.69 Å². The lowest BCUT2D eigenvalue weighted by Gasteiger charge is -2.30. The molecule has 2 heteroatoms. The van der Waals surface area contributed by atoms with Gasteiger partial charge in [0.1, 0.15) is 5.75 Å². The number of anilines is 1. The minimum Gasteiger partial charge on any atom is -0.455 e. The smallest absolute Gasteiger partial charge is 0.150 e. The van der Waals surface area contributed by atoms with E-state index in [-0.39, 0.29) is 0 Å². The predicted molar refractivity (Wildman–Crippen MR) is 98.0 cm³/mol. The third kappa shape index (κ3) is 3.21. The van der Waals surface area contributed by atoms with Gasteiger partial charge in [0, 0.05) is 13.1 Å². The second-order valence-corrected chi connectivity index (χ2v) is 6.68. The van der Waals surface area contributed by atoms with Crippen molar-refractivity contribution in [3.05, 3.63) is 52.6 Å². The van der Waals surface area contributed by atoms with E-state index in [1.54, 1.807) is 0 Å². The zero-order chi connectivity index (χ0) is 16.4. The number of aryl methyl sites for hydroxylation is 1. The summed E-state index contributed by atoms with van der Waals surface area (Å²) in [5, 5.41) is 0. The Labute approximate surface area is 140 Å². The van der Waals surface area contributed by atoms with Crippen LogP contribution in [0.5, 0.6) is 11.5 Å². The lowest BCUT2D eigenvalue weighted by atomic mass is 9.99. The van der Waals surface area contributed by atoms with Crippen LogP contribution in [0.3, 0.4) is 0 Å². The molecule has 2 aromatic rings. The minimum absolute atomic E-state index is 0.972. The monoisotopic (exact) mass is 309 g/mol. The summed E-state index contributed by atoms with van der Waals surface area (Å²) in [4.78, 5) is 2.46. The molecule has 0 aliphatic carbocycles. The Kier molecular flexibility index (Phi) is 4.61. The minimum atomic E-state index is 0.972. The molecule has 23 heavy (non-hydrogen) atoms. The molecule has 0 aromatic heterocycles. The Morgan fingerprint density at radius 3 is 2.22 bits per heavy atom. The fourth-order valence-corrected chi connectivity index (χ4v) is 3.34.